The van der Waals surface area contributed by atoms with Crippen LogP contribution in [0.5, 0.6) is 5.75 Å². The quantitative estimate of drug-likeness (QED) is 0.753. The Morgan fingerprint density at radius 3 is 2.56 bits per heavy atom. The Labute approximate surface area is 145 Å². The average molecular weight is 336 g/mol. The fraction of sp³-hybridized carbons (Fsp3) is 0.100. The first-order valence-corrected chi connectivity index (χ1v) is 7.82. The number of ether oxygens (including phenoxy) is 1. The van der Waals surface area contributed by atoms with Gasteiger partial charge in [0.1, 0.15) is 24.0 Å². The molecule has 126 valence electrons. The van der Waals surface area contributed by atoms with E-state index in [2.05, 4.69) is 10.3 Å². The van der Waals surface area contributed by atoms with Crippen molar-refractivity contribution in [3.8, 4) is 5.75 Å². The van der Waals surface area contributed by atoms with Crippen molar-refractivity contribution in [3.05, 3.63) is 89.4 Å². The van der Waals surface area contributed by atoms with E-state index in [4.69, 9.17) is 4.74 Å². The molecule has 1 heterocycles. The number of anilines is 1. The zero-order chi connectivity index (χ0) is 17.6. The zero-order valence-corrected chi connectivity index (χ0v) is 13.7. The molecule has 4 nitrogen and oxygen atoms in total. The summed E-state index contributed by atoms with van der Waals surface area (Å²) >= 11 is 0. The number of aryl methyl sites for hydroxylation is 1. The van der Waals surface area contributed by atoms with Crippen molar-refractivity contribution in [3.63, 3.8) is 0 Å². The first-order valence-electron chi connectivity index (χ1n) is 7.82. The van der Waals surface area contributed by atoms with Crippen molar-refractivity contribution in [2.24, 2.45) is 0 Å². The second-order valence-electron chi connectivity index (χ2n) is 5.59. The third kappa shape index (κ3) is 4.41. The van der Waals surface area contributed by atoms with E-state index in [9.17, 15) is 9.18 Å². The number of nitrogens with zero attached hydrogens (tertiary/aromatic N) is 1. The van der Waals surface area contributed by atoms with Crippen LogP contribution in [0, 0.1) is 12.7 Å². The Balaban J connectivity index is 1.72. The molecule has 25 heavy (non-hydrogen) atoms. The van der Waals surface area contributed by atoms with E-state index < -0.39 is 0 Å². The largest absolute Gasteiger partial charge is 0.488 e. The minimum Gasteiger partial charge on any atom is -0.488 e. The highest BCUT2D eigenvalue weighted by Crippen LogP contribution is 2.21. The van der Waals surface area contributed by atoms with Crippen molar-refractivity contribution in [2.75, 3.05) is 5.32 Å². The first kappa shape index (κ1) is 16.6. The fourth-order valence-corrected chi connectivity index (χ4v) is 2.25. The standard InChI is InChI=1S/C20H17FN2O2/c1-14-6-11-19(22-12-14)23-20(24)17-4-2-3-5-18(17)25-13-15-7-9-16(21)10-8-15/h2-12H,13H2,1H3,(H,22,23,24). The van der Waals surface area contributed by atoms with Crippen LogP contribution >= 0.6 is 0 Å². The zero-order valence-electron chi connectivity index (χ0n) is 13.7. The lowest BCUT2D eigenvalue weighted by atomic mass is 10.2. The number of rotatable bonds is 5. The Bertz CT molecular complexity index is 862. The summed E-state index contributed by atoms with van der Waals surface area (Å²) in [6.07, 6.45) is 1.69. The Hall–Kier alpha value is -3.21. The van der Waals surface area contributed by atoms with Gasteiger partial charge < -0.3 is 10.1 Å². The number of hydrogen-bond acceptors (Lipinski definition) is 3. The molecule has 1 amide bonds. The maximum absolute atomic E-state index is 13.0. The van der Waals surface area contributed by atoms with Gasteiger partial charge in [-0.3, -0.25) is 4.79 Å². The molecule has 0 atom stereocenters. The molecule has 0 saturated carbocycles. The monoisotopic (exact) mass is 336 g/mol. The molecule has 0 unspecified atom stereocenters. The number of amides is 1. The van der Waals surface area contributed by atoms with Crippen LogP contribution in [0.25, 0.3) is 0 Å². The highest BCUT2D eigenvalue weighted by atomic mass is 19.1. The molecule has 0 spiro atoms. The fourth-order valence-electron chi connectivity index (χ4n) is 2.25. The topological polar surface area (TPSA) is 51.2 Å². The van der Waals surface area contributed by atoms with E-state index >= 15 is 0 Å². The summed E-state index contributed by atoms with van der Waals surface area (Å²) in [5.74, 6) is 0.334. The van der Waals surface area contributed by atoms with E-state index in [-0.39, 0.29) is 18.3 Å². The van der Waals surface area contributed by atoms with Gasteiger partial charge in [-0.25, -0.2) is 9.37 Å². The van der Waals surface area contributed by atoms with E-state index in [0.717, 1.165) is 11.1 Å². The van der Waals surface area contributed by atoms with E-state index in [1.807, 2.05) is 13.0 Å². The van der Waals surface area contributed by atoms with Crippen LogP contribution in [-0.2, 0) is 6.61 Å². The first-order chi connectivity index (χ1) is 12.1. The minimum atomic E-state index is -0.300. The normalized spacial score (nSPS) is 10.3. The third-order valence-corrected chi connectivity index (χ3v) is 3.59. The number of nitrogens with one attached hydrogen (secondary N) is 1. The summed E-state index contributed by atoms with van der Waals surface area (Å²) in [6, 6.07) is 16.6. The van der Waals surface area contributed by atoms with Crippen LogP contribution < -0.4 is 10.1 Å². The van der Waals surface area contributed by atoms with Gasteiger partial charge in [0, 0.05) is 6.20 Å². The molecule has 0 fully saturated rings. The van der Waals surface area contributed by atoms with Gasteiger partial charge >= 0.3 is 0 Å². The minimum absolute atomic E-state index is 0.243. The maximum atomic E-state index is 13.0. The van der Waals surface area contributed by atoms with E-state index in [1.54, 1.807) is 48.7 Å². The lowest BCUT2D eigenvalue weighted by Gasteiger charge is -2.11. The highest BCUT2D eigenvalue weighted by molar-refractivity contribution is 6.05. The van der Waals surface area contributed by atoms with Crippen molar-refractivity contribution in [1.82, 2.24) is 4.98 Å². The second kappa shape index (κ2) is 7.57. The number of pyridine rings is 1. The predicted octanol–water partition coefficient (Wildman–Crippen LogP) is 4.36. The number of carbonyl (C=O) groups is 1. The molecule has 2 aromatic carbocycles. The Morgan fingerprint density at radius 2 is 1.84 bits per heavy atom. The average Bonchev–Trinajstić information content (AvgIpc) is 2.63. The predicted molar refractivity (Wildman–Crippen MR) is 94.1 cm³/mol. The smallest absolute Gasteiger partial charge is 0.260 e. The number of para-hydroxylation sites is 1. The molecule has 1 N–H and O–H groups in total. The van der Waals surface area contributed by atoms with Gasteiger partial charge in [0.25, 0.3) is 5.91 Å². The summed E-state index contributed by atoms with van der Waals surface area (Å²) in [5, 5.41) is 2.75. The van der Waals surface area contributed by atoms with Crippen molar-refractivity contribution in [2.45, 2.75) is 13.5 Å². The van der Waals surface area contributed by atoms with Crippen LogP contribution in [0.2, 0.25) is 0 Å². The summed E-state index contributed by atoms with van der Waals surface area (Å²) in [7, 11) is 0. The summed E-state index contributed by atoms with van der Waals surface area (Å²) in [4.78, 5) is 16.7. The van der Waals surface area contributed by atoms with Crippen LogP contribution in [0.15, 0.2) is 66.9 Å². The molecule has 3 rings (SSSR count). The summed E-state index contributed by atoms with van der Waals surface area (Å²) in [5.41, 5.74) is 2.24. The molecule has 5 heteroatoms. The lowest BCUT2D eigenvalue weighted by molar-refractivity contribution is 0.102. The Morgan fingerprint density at radius 1 is 1.08 bits per heavy atom. The molecular weight excluding hydrogens is 319 g/mol. The molecule has 1 aromatic heterocycles. The molecule has 0 bridgehead atoms. The molecule has 0 aliphatic rings. The van der Waals surface area contributed by atoms with Gasteiger partial charge in [-0.05, 0) is 48.4 Å². The lowest BCUT2D eigenvalue weighted by Crippen LogP contribution is -2.14. The maximum Gasteiger partial charge on any atom is 0.260 e. The SMILES string of the molecule is Cc1ccc(NC(=O)c2ccccc2OCc2ccc(F)cc2)nc1. The highest BCUT2D eigenvalue weighted by Gasteiger charge is 2.13. The van der Waals surface area contributed by atoms with Gasteiger partial charge in [0.05, 0.1) is 5.56 Å². The van der Waals surface area contributed by atoms with Crippen molar-refractivity contribution < 1.29 is 13.9 Å². The Kier molecular flexibility index (Phi) is 5.04. The third-order valence-electron chi connectivity index (χ3n) is 3.59. The molecule has 3 aromatic rings. The van der Waals surface area contributed by atoms with E-state index in [0.29, 0.717) is 17.1 Å². The molecule has 0 aliphatic carbocycles. The molecule has 0 saturated heterocycles. The number of aromatic nitrogens is 1. The van der Waals surface area contributed by atoms with Gasteiger partial charge in [-0.15, -0.1) is 0 Å². The van der Waals surface area contributed by atoms with Crippen LogP contribution in [0.4, 0.5) is 10.2 Å². The number of hydrogen-bond donors (Lipinski definition) is 1. The molecular formula is C20H17FN2O2. The van der Waals surface area contributed by atoms with E-state index in [1.165, 1.54) is 12.1 Å². The van der Waals surface area contributed by atoms with Crippen LogP contribution in [0.3, 0.4) is 0 Å². The van der Waals surface area contributed by atoms with Crippen molar-refractivity contribution in [1.29, 1.82) is 0 Å². The van der Waals surface area contributed by atoms with Gasteiger partial charge in [0.15, 0.2) is 0 Å². The van der Waals surface area contributed by atoms with Gasteiger partial charge in [0.2, 0.25) is 0 Å². The summed E-state index contributed by atoms with van der Waals surface area (Å²) in [6.45, 7) is 2.17. The molecule has 0 radical (unpaired) electrons. The van der Waals surface area contributed by atoms with Crippen molar-refractivity contribution >= 4 is 11.7 Å². The second-order valence-corrected chi connectivity index (χ2v) is 5.59. The molecule has 0 aliphatic heterocycles. The van der Waals surface area contributed by atoms with Gasteiger partial charge in [-0.2, -0.15) is 0 Å². The number of carbonyl (C=O) groups excluding carboxylic acids is 1. The summed E-state index contributed by atoms with van der Waals surface area (Å²) < 4.78 is 18.7. The van der Waals surface area contributed by atoms with Crippen LogP contribution in [0.1, 0.15) is 21.5 Å². The van der Waals surface area contributed by atoms with Gasteiger partial charge in [-0.1, -0.05) is 30.3 Å². The number of benzene rings is 2. The number of halogens is 1. The van der Waals surface area contributed by atoms with Crippen LogP contribution in [-0.4, -0.2) is 10.9 Å².